The van der Waals surface area contributed by atoms with Crippen LogP contribution in [-0.2, 0) is 0 Å². The Kier molecular flexibility index (Phi) is 7.28. The SMILES string of the molecule is O=C(Nc1ccc(C(=O)c2ccc(NC(=O)c3cn[nH]c3)cc2)cc1)c1ccc(N2CCC(O)CC2)cc1. The first-order valence-corrected chi connectivity index (χ1v) is 12.4. The molecule has 0 aliphatic carbocycles. The highest BCUT2D eigenvalue weighted by atomic mass is 16.3. The van der Waals surface area contributed by atoms with Crippen molar-refractivity contribution < 1.29 is 19.5 Å². The first-order chi connectivity index (χ1) is 18.5. The molecule has 4 aromatic rings. The lowest BCUT2D eigenvalue weighted by atomic mass is 10.0. The average Bonchev–Trinajstić information content (AvgIpc) is 3.50. The van der Waals surface area contributed by atoms with Gasteiger partial charge in [-0.05, 0) is 85.6 Å². The van der Waals surface area contributed by atoms with Crippen molar-refractivity contribution in [1.82, 2.24) is 10.2 Å². The molecular weight excluding hydrogens is 482 g/mol. The van der Waals surface area contributed by atoms with Gasteiger partial charge >= 0.3 is 0 Å². The number of anilines is 3. The molecule has 192 valence electrons. The molecule has 5 rings (SSSR count). The lowest BCUT2D eigenvalue weighted by Crippen LogP contribution is -2.35. The van der Waals surface area contributed by atoms with E-state index < -0.39 is 0 Å². The molecule has 1 aliphatic heterocycles. The molecule has 1 fully saturated rings. The van der Waals surface area contributed by atoms with Gasteiger partial charge in [0.05, 0.1) is 17.9 Å². The molecule has 2 heterocycles. The van der Waals surface area contributed by atoms with Crippen LogP contribution >= 0.6 is 0 Å². The third-order valence-corrected chi connectivity index (χ3v) is 6.53. The van der Waals surface area contributed by atoms with Crippen LogP contribution in [0.2, 0.25) is 0 Å². The lowest BCUT2D eigenvalue weighted by molar-refractivity contribution is 0.101. The molecule has 0 bridgehead atoms. The van der Waals surface area contributed by atoms with Crippen LogP contribution in [0.3, 0.4) is 0 Å². The minimum absolute atomic E-state index is 0.170. The zero-order valence-electron chi connectivity index (χ0n) is 20.6. The number of H-pyrrole nitrogens is 1. The monoisotopic (exact) mass is 509 g/mol. The molecule has 38 heavy (non-hydrogen) atoms. The normalized spacial score (nSPS) is 13.7. The highest BCUT2D eigenvalue weighted by Crippen LogP contribution is 2.22. The van der Waals surface area contributed by atoms with E-state index in [0.717, 1.165) is 31.6 Å². The zero-order chi connectivity index (χ0) is 26.5. The number of carbonyl (C=O) groups is 3. The van der Waals surface area contributed by atoms with E-state index in [1.165, 1.54) is 12.4 Å². The second-order valence-corrected chi connectivity index (χ2v) is 9.14. The number of benzene rings is 3. The van der Waals surface area contributed by atoms with E-state index in [1.807, 2.05) is 12.1 Å². The van der Waals surface area contributed by atoms with Gasteiger partial charge in [0.25, 0.3) is 11.8 Å². The van der Waals surface area contributed by atoms with Crippen molar-refractivity contribution in [3.8, 4) is 0 Å². The molecule has 3 aromatic carbocycles. The van der Waals surface area contributed by atoms with Crippen molar-refractivity contribution in [3.63, 3.8) is 0 Å². The van der Waals surface area contributed by atoms with Gasteiger partial charge in [0.1, 0.15) is 0 Å². The smallest absolute Gasteiger partial charge is 0.258 e. The molecule has 0 atom stereocenters. The summed E-state index contributed by atoms with van der Waals surface area (Å²) in [5.74, 6) is -0.705. The molecule has 0 unspecified atom stereocenters. The first-order valence-electron chi connectivity index (χ1n) is 12.4. The highest BCUT2D eigenvalue weighted by Gasteiger charge is 2.18. The number of aromatic amines is 1. The molecule has 9 nitrogen and oxygen atoms in total. The van der Waals surface area contributed by atoms with Gasteiger partial charge in [-0.3, -0.25) is 19.5 Å². The van der Waals surface area contributed by atoms with Gasteiger partial charge in [0.2, 0.25) is 0 Å². The van der Waals surface area contributed by atoms with Crippen LogP contribution in [-0.4, -0.2) is 52.1 Å². The Hall–Kier alpha value is -4.76. The number of ketones is 1. The van der Waals surface area contributed by atoms with Crippen LogP contribution in [0.4, 0.5) is 17.1 Å². The first kappa shape index (κ1) is 24.9. The topological polar surface area (TPSA) is 127 Å². The summed E-state index contributed by atoms with van der Waals surface area (Å²) in [5, 5.41) is 21.6. The number of aliphatic hydroxyl groups is 1. The lowest BCUT2D eigenvalue weighted by Gasteiger charge is -2.31. The summed E-state index contributed by atoms with van der Waals surface area (Å²) in [6.07, 6.45) is 4.19. The molecule has 1 aromatic heterocycles. The van der Waals surface area contributed by atoms with E-state index in [2.05, 4.69) is 25.7 Å². The molecule has 0 spiro atoms. The number of carbonyl (C=O) groups excluding carboxylic acids is 3. The number of rotatable bonds is 7. The van der Waals surface area contributed by atoms with Gasteiger partial charge in [-0.15, -0.1) is 0 Å². The fourth-order valence-corrected chi connectivity index (χ4v) is 4.31. The van der Waals surface area contributed by atoms with E-state index in [0.29, 0.717) is 33.6 Å². The van der Waals surface area contributed by atoms with Crippen LogP contribution in [0.5, 0.6) is 0 Å². The van der Waals surface area contributed by atoms with Crippen LogP contribution in [0.1, 0.15) is 49.5 Å². The second-order valence-electron chi connectivity index (χ2n) is 9.14. The van der Waals surface area contributed by atoms with Crippen LogP contribution < -0.4 is 15.5 Å². The number of nitrogens with one attached hydrogen (secondary N) is 3. The number of hydrogen-bond acceptors (Lipinski definition) is 6. The van der Waals surface area contributed by atoms with Crippen molar-refractivity contribution in [1.29, 1.82) is 0 Å². The predicted molar refractivity (Wildman–Crippen MR) is 145 cm³/mol. The number of piperidine rings is 1. The highest BCUT2D eigenvalue weighted by molar-refractivity contribution is 6.10. The average molecular weight is 510 g/mol. The van der Waals surface area contributed by atoms with Gasteiger partial charge in [-0.25, -0.2) is 0 Å². The maximum absolute atomic E-state index is 12.9. The summed E-state index contributed by atoms with van der Waals surface area (Å²) in [5.41, 5.74) is 4.08. The Bertz CT molecular complexity index is 1410. The molecule has 9 heteroatoms. The molecule has 1 aliphatic rings. The van der Waals surface area contributed by atoms with E-state index in [1.54, 1.807) is 60.7 Å². The molecule has 2 amide bonds. The Morgan fingerprint density at radius 2 is 1.24 bits per heavy atom. The van der Waals surface area contributed by atoms with E-state index in [9.17, 15) is 19.5 Å². The molecule has 1 saturated heterocycles. The minimum Gasteiger partial charge on any atom is -0.393 e. The summed E-state index contributed by atoms with van der Waals surface area (Å²) >= 11 is 0. The summed E-state index contributed by atoms with van der Waals surface area (Å²) in [6.45, 7) is 1.59. The fraction of sp³-hybridized carbons (Fsp3) is 0.172. The number of hydrogen-bond donors (Lipinski definition) is 4. The van der Waals surface area contributed by atoms with Crippen molar-refractivity contribution in [3.05, 3.63) is 107 Å². The van der Waals surface area contributed by atoms with Crippen molar-refractivity contribution >= 4 is 34.7 Å². The van der Waals surface area contributed by atoms with Crippen molar-refractivity contribution in [2.24, 2.45) is 0 Å². The van der Waals surface area contributed by atoms with E-state index in [4.69, 9.17) is 0 Å². The standard InChI is InChI=1S/C29H27N5O4/c35-26-13-15-34(16-14-26)25-11-5-21(6-12-25)28(37)32-23-7-1-19(2-8-23)27(36)20-3-9-24(10-4-20)33-29(38)22-17-30-31-18-22/h1-12,17-18,26,35H,13-16H2,(H,30,31)(H,32,37)(H,33,38). The number of nitrogens with zero attached hydrogens (tertiary/aromatic N) is 2. The quantitative estimate of drug-likeness (QED) is 0.278. The fourth-order valence-electron chi connectivity index (χ4n) is 4.31. The predicted octanol–water partition coefficient (Wildman–Crippen LogP) is 4.11. The van der Waals surface area contributed by atoms with Crippen LogP contribution in [0, 0.1) is 0 Å². The van der Waals surface area contributed by atoms with E-state index >= 15 is 0 Å². The third-order valence-electron chi connectivity index (χ3n) is 6.53. The summed E-state index contributed by atoms with van der Waals surface area (Å²) in [6, 6.07) is 20.8. The Morgan fingerprint density at radius 1 is 0.737 bits per heavy atom. The largest absolute Gasteiger partial charge is 0.393 e. The van der Waals surface area contributed by atoms with Gasteiger partial charge in [-0.1, -0.05) is 0 Å². The van der Waals surface area contributed by atoms with Gasteiger partial charge in [0.15, 0.2) is 5.78 Å². The Balaban J connectivity index is 1.17. The molecule has 0 saturated carbocycles. The maximum Gasteiger partial charge on any atom is 0.258 e. The summed E-state index contributed by atoms with van der Waals surface area (Å²) < 4.78 is 0. The Labute approximate surface area is 219 Å². The number of aromatic nitrogens is 2. The van der Waals surface area contributed by atoms with Gasteiger partial charge in [0, 0.05) is 53.0 Å². The summed E-state index contributed by atoms with van der Waals surface area (Å²) in [7, 11) is 0. The van der Waals surface area contributed by atoms with Crippen molar-refractivity contribution in [2.75, 3.05) is 28.6 Å². The maximum atomic E-state index is 12.9. The number of aliphatic hydroxyl groups excluding tert-OH is 1. The Morgan fingerprint density at radius 3 is 1.74 bits per heavy atom. The zero-order valence-corrected chi connectivity index (χ0v) is 20.6. The molecule has 4 N–H and O–H groups in total. The van der Waals surface area contributed by atoms with Crippen LogP contribution in [0.25, 0.3) is 0 Å². The van der Waals surface area contributed by atoms with Crippen LogP contribution in [0.15, 0.2) is 85.2 Å². The third kappa shape index (κ3) is 5.79. The minimum atomic E-state index is -0.297. The summed E-state index contributed by atoms with van der Waals surface area (Å²) in [4.78, 5) is 39.9. The number of amides is 2. The van der Waals surface area contributed by atoms with Crippen molar-refractivity contribution in [2.45, 2.75) is 18.9 Å². The molecule has 0 radical (unpaired) electrons. The van der Waals surface area contributed by atoms with E-state index in [-0.39, 0.29) is 23.7 Å². The van der Waals surface area contributed by atoms with Gasteiger partial charge < -0.3 is 20.6 Å². The molecular formula is C29H27N5O4. The van der Waals surface area contributed by atoms with Gasteiger partial charge in [-0.2, -0.15) is 5.10 Å². The second kappa shape index (κ2) is 11.1.